The third kappa shape index (κ3) is 2.81. The Hall–Kier alpha value is -1.75. The number of hydrogen-bond acceptors (Lipinski definition) is 4. The smallest absolute Gasteiger partial charge is 0.414 e. The minimum Gasteiger partial charge on any atom is -0.447 e. The van der Waals surface area contributed by atoms with E-state index in [1.54, 1.807) is 4.90 Å². The number of cyclic esters (lactones) is 1. The summed E-state index contributed by atoms with van der Waals surface area (Å²) in [5.74, 6) is 0. The lowest BCUT2D eigenvalue weighted by atomic mass is 10.2. The number of nitrogens with zero attached hydrogens (tertiary/aromatic N) is 1. The van der Waals surface area contributed by atoms with Crippen LogP contribution >= 0.6 is 0 Å². The van der Waals surface area contributed by atoms with Crippen molar-refractivity contribution in [2.75, 3.05) is 36.5 Å². The van der Waals surface area contributed by atoms with Gasteiger partial charge in [-0.2, -0.15) is 0 Å². The number of ether oxygens (including phenoxy) is 1. The van der Waals surface area contributed by atoms with Gasteiger partial charge in [0.15, 0.2) is 0 Å². The van der Waals surface area contributed by atoms with Crippen molar-refractivity contribution in [3.8, 4) is 0 Å². The fourth-order valence-corrected chi connectivity index (χ4v) is 2.58. The van der Waals surface area contributed by atoms with Gasteiger partial charge in [-0.3, -0.25) is 4.90 Å². The number of anilines is 2. The van der Waals surface area contributed by atoms with E-state index in [-0.39, 0.29) is 6.09 Å². The average Bonchev–Trinajstić information content (AvgIpc) is 3.08. The maximum atomic E-state index is 11.5. The topological polar surface area (TPSA) is 53.6 Å². The quantitative estimate of drug-likeness (QED) is 0.868. The van der Waals surface area contributed by atoms with E-state index in [2.05, 4.69) is 10.6 Å². The molecule has 5 heteroatoms. The summed E-state index contributed by atoms with van der Waals surface area (Å²) in [6.07, 6.45) is 2.23. The molecule has 2 fully saturated rings. The van der Waals surface area contributed by atoms with Gasteiger partial charge in [-0.15, -0.1) is 0 Å². The first-order chi connectivity index (χ1) is 9.33. The Kier molecular flexibility index (Phi) is 3.55. The van der Waals surface area contributed by atoms with Crippen LogP contribution in [-0.2, 0) is 4.74 Å². The molecule has 2 N–H and O–H groups in total. The minimum atomic E-state index is -0.255. The molecule has 2 aliphatic heterocycles. The predicted octanol–water partition coefficient (Wildman–Crippen LogP) is 1.81. The zero-order valence-electron chi connectivity index (χ0n) is 10.9. The molecule has 102 valence electrons. The molecule has 5 nitrogen and oxygen atoms in total. The Morgan fingerprint density at radius 2 is 2.42 bits per heavy atom. The van der Waals surface area contributed by atoms with Gasteiger partial charge in [-0.25, -0.2) is 4.79 Å². The fourth-order valence-electron chi connectivity index (χ4n) is 2.58. The summed E-state index contributed by atoms with van der Waals surface area (Å²) in [4.78, 5) is 13.2. The number of hydrogen-bond donors (Lipinski definition) is 2. The molecule has 1 unspecified atom stereocenters. The van der Waals surface area contributed by atoms with Crippen LogP contribution < -0.4 is 15.5 Å². The van der Waals surface area contributed by atoms with Crippen LogP contribution in [0.15, 0.2) is 24.3 Å². The van der Waals surface area contributed by atoms with E-state index >= 15 is 0 Å². The maximum absolute atomic E-state index is 11.5. The first-order valence-electron chi connectivity index (χ1n) is 6.84. The largest absolute Gasteiger partial charge is 0.447 e. The summed E-state index contributed by atoms with van der Waals surface area (Å²) in [5.41, 5.74) is 1.94. The minimum absolute atomic E-state index is 0.255. The molecular weight excluding hydrogens is 242 g/mol. The molecule has 1 aromatic carbocycles. The summed E-state index contributed by atoms with van der Waals surface area (Å²) in [7, 11) is 0. The molecule has 1 atom stereocenters. The standard InChI is InChI=1S/C14H19N3O2/c18-14-17(7-8-19-14)13-5-1-3-11(9-13)16-10-12-4-2-6-15-12/h1,3,5,9,12,15-16H,2,4,6-8,10H2. The van der Waals surface area contributed by atoms with E-state index in [9.17, 15) is 4.79 Å². The predicted molar refractivity (Wildman–Crippen MR) is 74.7 cm³/mol. The molecule has 1 amide bonds. The normalized spacial score (nSPS) is 22.6. The van der Waals surface area contributed by atoms with E-state index in [1.165, 1.54) is 12.8 Å². The Morgan fingerprint density at radius 3 is 3.16 bits per heavy atom. The molecule has 2 saturated heterocycles. The molecule has 3 rings (SSSR count). The lowest BCUT2D eigenvalue weighted by Gasteiger charge is -2.16. The van der Waals surface area contributed by atoms with E-state index in [0.29, 0.717) is 19.2 Å². The zero-order chi connectivity index (χ0) is 13.1. The summed E-state index contributed by atoms with van der Waals surface area (Å²) < 4.78 is 4.96. The van der Waals surface area contributed by atoms with Gasteiger partial charge in [0, 0.05) is 24.0 Å². The van der Waals surface area contributed by atoms with Crippen LogP contribution in [0.2, 0.25) is 0 Å². The van der Waals surface area contributed by atoms with Gasteiger partial charge < -0.3 is 15.4 Å². The van der Waals surface area contributed by atoms with Crippen LogP contribution in [0, 0.1) is 0 Å². The molecule has 0 radical (unpaired) electrons. The van der Waals surface area contributed by atoms with Gasteiger partial charge in [0.25, 0.3) is 0 Å². The number of amides is 1. The number of benzene rings is 1. The number of carbonyl (C=O) groups is 1. The highest BCUT2D eigenvalue weighted by atomic mass is 16.6. The summed E-state index contributed by atoms with van der Waals surface area (Å²) in [6.45, 7) is 3.15. The molecular formula is C14H19N3O2. The van der Waals surface area contributed by atoms with Crippen LogP contribution in [-0.4, -0.2) is 38.4 Å². The van der Waals surface area contributed by atoms with Crippen LogP contribution in [0.4, 0.5) is 16.2 Å². The molecule has 0 aromatic heterocycles. The fraction of sp³-hybridized carbons (Fsp3) is 0.500. The molecule has 2 aliphatic rings. The van der Waals surface area contributed by atoms with Gasteiger partial charge in [0.2, 0.25) is 0 Å². The van der Waals surface area contributed by atoms with Gasteiger partial charge in [0.05, 0.1) is 6.54 Å². The van der Waals surface area contributed by atoms with Gasteiger partial charge in [-0.05, 0) is 37.6 Å². The molecule has 0 bridgehead atoms. The first kappa shape index (κ1) is 12.3. The van der Waals surface area contributed by atoms with Gasteiger partial charge in [-0.1, -0.05) is 6.07 Å². The van der Waals surface area contributed by atoms with Crippen molar-refractivity contribution in [1.29, 1.82) is 0 Å². The maximum Gasteiger partial charge on any atom is 0.414 e. The van der Waals surface area contributed by atoms with E-state index in [0.717, 1.165) is 24.5 Å². The second-order valence-corrected chi connectivity index (χ2v) is 4.99. The average molecular weight is 261 g/mol. The van der Waals surface area contributed by atoms with Crippen molar-refractivity contribution in [3.05, 3.63) is 24.3 Å². The van der Waals surface area contributed by atoms with Crippen molar-refractivity contribution in [2.45, 2.75) is 18.9 Å². The Morgan fingerprint density at radius 1 is 1.47 bits per heavy atom. The van der Waals surface area contributed by atoms with Crippen molar-refractivity contribution in [2.24, 2.45) is 0 Å². The number of carbonyl (C=O) groups excluding carboxylic acids is 1. The van der Waals surface area contributed by atoms with E-state index < -0.39 is 0 Å². The SMILES string of the molecule is O=C1OCCN1c1cccc(NCC2CCCN2)c1. The highest BCUT2D eigenvalue weighted by Gasteiger charge is 2.23. The van der Waals surface area contributed by atoms with Crippen LogP contribution in [0.3, 0.4) is 0 Å². The lowest BCUT2D eigenvalue weighted by molar-refractivity contribution is 0.181. The third-order valence-electron chi connectivity index (χ3n) is 3.63. The molecule has 1 aromatic rings. The molecule has 0 saturated carbocycles. The Labute approximate surface area is 112 Å². The van der Waals surface area contributed by atoms with Crippen molar-refractivity contribution in [1.82, 2.24) is 5.32 Å². The van der Waals surface area contributed by atoms with Crippen LogP contribution in [0.25, 0.3) is 0 Å². The zero-order valence-corrected chi connectivity index (χ0v) is 10.9. The first-order valence-corrected chi connectivity index (χ1v) is 6.84. The van der Waals surface area contributed by atoms with Crippen molar-refractivity contribution in [3.63, 3.8) is 0 Å². The van der Waals surface area contributed by atoms with E-state index in [4.69, 9.17) is 4.74 Å². The Bertz CT molecular complexity index is 458. The Balaban J connectivity index is 1.63. The second-order valence-electron chi connectivity index (χ2n) is 4.99. The van der Waals surface area contributed by atoms with Crippen LogP contribution in [0.5, 0.6) is 0 Å². The van der Waals surface area contributed by atoms with Crippen LogP contribution in [0.1, 0.15) is 12.8 Å². The van der Waals surface area contributed by atoms with Crippen molar-refractivity contribution < 1.29 is 9.53 Å². The third-order valence-corrected chi connectivity index (χ3v) is 3.63. The number of rotatable bonds is 4. The number of nitrogens with one attached hydrogen (secondary N) is 2. The lowest BCUT2D eigenvalue weighted by Crippen LogP contribution is -2.29. The summed E-state index contributed by atoms with van der Waals surface area (Å²) >= 11 is 0. The monoisotopic (exact) mass is 261 g/mol. The molecule has 2 heterocycles. The summed E-state index contributed by atoms with van der Waals surface area (Å²) in [5, 5.41) is 6.88. The highest BCUT2D eigenvalue weighted by molar-refractivity contribution is 5.89. The van der Waals surface area contributed by atoms with E-state index in [1.807, 2.05) is 24.3 Å². The van der Waals surface area contributed by atoms with Gasteiger partial charge in [0.1, 0.15) is 6.61 Å². The second kappa shape index (κ2) is 5.48. The molecule has 0 spiro atoms. The summed E-state index contributed by atoms with van der Waals surface area (Å²) in [6, 6.07) is 8.48. The van der Waals surface area contributed by atoms with Crippen molar-refractivity contribution >= 4 is 17.5 Å². The van der Waals surface area contributed by atoms with Gasteiger partial charge >= 0.3 is 6.09 Å². The molecule has 0 aliphatic carbocycles. The molecule has 19 heavy (non-hydrogen) atoms. The highest BCUT2D eigenvalue weighted by Crippen LogP contribution is 2.22.